The summed E-state index contributed by atoms with van der Waals surface area (Å²) in [7, 11) is -2.83. The highest BCUT2D eigenvalue weighted by atomic mass is 31.1. The summed E-state index contributed by atoms with van der Waals surface area (Å²) >= 11 is 0. The molecular formula is C22H36NO4P. The predicted molar refractivity (Wildman–Crippen MR) is 116 cm³/mol. The van der Waals surface area contributed by atoms with Gasteiger partial charge in [0.15, 0.2) is 0 Å². The lowest BCUT2D eigenvalue weighted by atomic mass is 10.2. The summed E-state index contributed by atoms with van der Waals surface area (Å²) in [6.45, 7) is 2.43. The molecule has 1 N–H and O–H groups in total. The molecule has 0 aromatic heterocycles. The number of hydrogen-bond acceptors (Lipinski definition) is 4. The van der Waals surface area contributed by atoms with Gasteiger partial charge in [-0.05, 0) is 44.9 Å². The Labute approximate surface area is 170 Å². The van der Waals surface area contributed by atoms with Crippen LogP contribution in [0, 0.1) is 0 Å². The normalized spacial score (nSPS) is 12.0. The Bertz CT molecular complexity index is 555. The fraction of sp³-hybridized carbons (Fsp3) is 0.591. The van der Waals surface area contributed by atoms with Crippen molar-refractivity contribution in [1.29, 1.82) is 0 Å². The third kappa shape index (κ3) is 22.3. The highest BCUT2D eigenvalue weighted by molar-refractivity contribution is 7.24. The highest BCUT2D eigenvalue weighted by Crippen LogP contribution is 2.03. The molecule has 0 heterocycles. The van der Waals surface area contributed by atoms with Crippen molar-refractivity contribution in [3.63, 3.8) is 0 Å². The molecule has 0 saturated carbocycles. The summed E-state index contributed by atoms with van der Waals surface area (Å²) in [6.07, 6.45) is 27.4. The number of carbonyl (C=O) groups is 1. The van der Waals surface area contributed by atoms with E-state index in [1.165, 1.54) is 25.7 Å². The molecule has 0 bridgehead atoms. The molecule has 6 heteroatoms. The number of allylic oxidation sites excluding steroid dienone is 8. The van der Waals surface area contributed by atoms with Crippen molar-refractivity contribution in [1.82, 2.24) is 5.32 Å². The molecule has 0 aliphatic carbocycles. The summed E-state index contributed by atoms with van der Waals surface area (Å²) in [5.41, 5.74) is 0. The minimum absolute atomic E-state index is 0.0123. The molecule has 0 rings (SSSR count). The van der Waals surface area contributed by atoms with Gasteiger partial charge in [0.1, 0.15) is 0 Å². The fourth-order valence-corrected chi connectivity index (χ4v) is 2.58. The molecule has 0 atom stereocenters. The Morgan fingerprint density at radius 2 is 1.36 bits per heavy atom. The number of hydrogen-bond donors (Lipinski definition) is 1. The zero-order valence-electron chi connectivity index (χ0n) is 17.2. The maximum atomic E-state index is 11.5. The average molecular weight is 410 g/mol. The maximum Gasteiger partial charge on any atom is 0.468 e. The summed E-state index contributed by atoms with van der Waals surface area (Å²) in [5.74, 6) is -0.0828. The van der Waals surface area contributed by atoms with Gasteiger partial charge < -0.3 is 5.32 Å². The molecule has 158 valence electrons. The second kappa shape index (κ2) is 21.6. The monoisotopic (exact) mass is 409 g/mol. The van der Waals surface area contributed by atoms with Crippen molar-refractivity contribution < 1.29 is 18.4 Å². The first kappa shape index (κ1) is 26.3. The van der Waals surface area contributed by atoms with Crippen LogP contribution in [0.3, 0.4) is 0 Å². The first-order chi connectivity index (χ1) is 13.7. The van der Waals surface area contributed by atoms with Crippen LogP contribution in [0.5, 0.6) is 0 Å². The zero-order valence-corrected chi connectivity index (χ0v) is 18.1. The van der Waals surface area contributed by atoms with Crippen molar-refractivity contribution in [2.75, 3.05) is 13.2 Å². The lowest BCUT2D eigenvalue weighted by molar-refractivity contribution is -0.121. The van der Waals surface area contributed by atoms with Crippen molar-refractivity contribution in [2.24, 2.45) is 0 Å². The summed E-state index contributed by atoms with van der Waals surface area (Å²) < 4.78 is 24.7. The standard InChI is InChI=1S/C22H36NO4P/c1-2-3-4-5-6-7-8-9-10-11-12-13-14-15-16-17-18-19-22(24)23-20-21-27-28(25)26/h6-7,9-10,12-13,15-16H,2-5,8,11,14,17-21H2,1H3,(H,23,24)/b7-6?,10-9?,13-12?,16-15-. The van der Waals surface area contributed by atoms with E-state index in [0.717, 1.165) is 32.1 Å². The highest BCUT2D eigenvalue weighted by Gasteiger charge is 1.99. The van der Waals surface area contributed by atoms with Gasteiger partial charge in [0, 0.05) is 13.0 Å². The van der Waals surface area contributed by atoms with E-state index in [9.17, 15) is 13.9 Å². The van der Waals surface area contributed by atoms with Crippen LogP contribution in [-0.4, -0.2) is 19.1 Å². The zero-order chi connectivity index (χ0) is 20.7. The summed E-state index contributed by atoms with van der Waals surface area (Å²) in [4.78, 5) is 11.5. The molecule has 0 aromatic rings. The van der Waals surface area contributed by atoms with Gasteiger partial charge in [0.2, 0.25) is 5.91 Å². The first-order valence-electron chi connectivity index (χ1n) is 10.3. The second-order valence-electron chi connectivity index (χ2n) is 6.39. The SMILES string of the molecule is CCCCCC=CCC=CCC=CC/C=C\CCCC(=O)NCCOP(=O)=O. The van der Waals surface area contributed by atoms with E-state index in [1.807, 2.05) is 0 Å². The molecule has 0 aliphatic rings. The summed E-state index contributed by atoms with van der Waals surface area (Å²) in [6, 6.07) is 0. The maximum absolute atomic E-state index is 11.5. The van der Waals surface area contributed by atoms with Crippen molar-refractivity contribution in [2.45, 2.75) is 71.1 Å². The van der Waals surface area contributed by atoms with Gasteiger partial charge in [0.25, 0.3) is 0 Å². The number of amides is 1. The van der Waals surface area contributed by atoms with E-state index in [4.69, 9.17) is 0 Å². The molecule has 28 heavy (non-hydrogen) atoms. The number of carbonyl (C=O) groups excluding carboxylic acids is 1. The van der Waals surface area contributed by atoms with Crippen molar-refractivity contribution in [3.8, 4) is 0 Å². The molecule has 0 spiro atoms. The Hall–Kier alpha value is -1.71. The lowest BCUT2D eigenvalue weighted by Crippen LogP contribution is -2.26. The smallest absolute Gasteiger partial charge is 0.354 e. The minimum atomic E-state index is -2.83. The van der Waals surface area contributed by atoms with E-state index >= 15 is 0 Å². The molecule has 0 aromatic carbocycles. The van der Waals surface area contributed by atoms with Crippen LogP contribution in [-0.2, 0) is 18.4 Å². The molecule has 0 unspecified atom stereocenters. The topological polar surface area (TPSA) is 72.5 Å². The van der Waals surface area contributed by atoms with Gasteiger partial charge in [-0.1, -0.05) is 68.4 Å². The third-order valence-corrected chi connectivity index (χ3v) is 4.25. The van der Waals surface area contributed by atoms with Gasteiger partial charge in [-0.2, -0.15) is 0 Å². The largest absolute Gasteiger partial charge is 0.468 e. The van der Waals surface area contributed by atoms with Gasteiger partial charge >= 0.3 is 7.91 Å². The molecule has 0 radical (unpaired) electrons. The summed E-state index contributed by atoms with van der Waals surface area (Å²) in [5, 5.41) is 2.62. The fourth-order valence-electron chi connectivity index (χ4n) is 2.34. The Morgan fingerprint density at radius 1 is 0.821 bits per heavy atom. The second-order valence-corrected chi connectivity index (χ2v) is 7.09. The van der Waals surface area contributed by atoms with Gasteiger partial charge in [-0.3, -0.25) is 9.32 Å². The van der Waals surface area contributed by atoms with E-state index in [0.29, 0.717) is 6.42 Å². The molecule has 0 fully saturated rings. The quantitative estimate of drug-likeness (QED) is 0.163. The Balaban J connectivity index is 3.48. The molecular weight excluding hydrogens is 373 g/mol. The Kier molecular flexibility index (Phi) is 20.3. The van der Waals surface area contributed by atoms with Gasteiger partial charge in [-0.15, -0.1) is 0 Å². The average Bonchev–Trinajstić information content (AvgIpc) is 2.67. The number of unbranched alkanes of at least 4 members (excludes halogenated alkanes) is 4. The third-order valence-electron chi connectivity index (χ3n) is 3.85. The van der Waals surface area contributed by atoms with Crippen molar-refractivity contribution in [3.05, 3.63) is 48.6 Å². The molecule has 0 aliphatic heterocycles. The van der Waals surface area contributed by atoms with E-state index in [1.54, 1.807) is 0 Å². The van der Waals surface area contributed by atoms with Crippen LogP contribution in [0.25, 0.3) is 0 Å². The van der Waals surface area contributed by atoms with Crippen LogP contribution >= 0.6 is 7.91 Å². The van der Waals surface area contributed by atoms with Crippen LogP contribution in [0.4, 0.5) is 0 Å². The van der Waals surface area contributed by atoms with E-state index in [-0.39, 0.29) is 19.1 Å². The van der Waals surface area contributed by atoms with Crippen molar-refractivity contribution >= 4 is 13.8 Å². The minimum Gasteiger partial charge on any atom is -0.354 e. The predicted octanol–water partition coefficient (Wildman–Crippen LogP) is 6.35. The molecule has 5 nitrogen and oxygen atoms in total. The molecule has 1 amide bonds. The lowest BCUT2D eigenvalue weighted by Gasteiger charge is -2.02. The van der Waals surface area contributed by atoms with E-state index < -0.39 is 7.91 Å². The van der Waals surface area contributed by atoms with Crippen LogP contribution < -0.4 is 5.32 Å². The van der Waals surface area contributed by atoms with Crippen LogP contribution in [0.15, 0.2) is 48.6 Å². The van der Waals surface area contributed by atoms with Gasteiger partial charge in [0.05, 0.1) is 6.61 Å². The van der Waals surface area contributed by atoms with Crippen LogP contribution in [0.2, 0.25) is 0 Å². The van der Waals surface area contributed by atoms with E-state index in [2.05, 4.69) is 65.4 Å². The first-order valence-corrected chi connectivity index (χ1v) is 11.4. The number of rotatable bonds is 18. The molecule has 0 saturated heterocycles. The number of nitrogens with one attached hydrogen (secondary N) is 1. The van der Waals surface area contributed by atoms with Gasteiger partial charge in [-0.25, -0.2) is 9.13 Å². The Morgan fingerprint density at radius 3 is 1.89 bits per heavy atom. The van der Waals surface area contributed by atoms with Crippen LogP contribution in [0.1, 0.15) is 71.1 Å².